The van der Waals surface area contributed by atoms with Gasteiger partial charge >= 0.3 is 0 Å². The summed E-state index contributed by atoms with van der Waals surface area (Å²) in [6.45, 7) is 7.96. The largest absolute Gasteiger partial charge is 0.340 e. The molecular formula is C12H21NO. The van der Waals surface area contributed by atoms with Crippen molar-refractivity contribution < 1.29 is 4.79 Å². The minimum absolute atomic E-state index is 0.0864. The molecule has 0 aromatic heterocycles. The van der Waals surface area contributed by atoms with Gasteiger partial charge in [0.15, 0.2) is 0 Å². The highest BCUT2D eigenvalue weighted by Crippen LogP contribution is 2.01. The molecule has 0 saturated heterocycles. The van der Waals surface area contributed by atoms with Crippen molar-refractivity contribution >= 4 is 5.91 Å². The lowest BCUT2D eigenvalue weighted by molar-refractivity contribution is -0.122. The maximum Gasteiger partial charge on any atom is 0.221 e. The summed E-state index contributed by atoms with van der Waals surface area (Å²) < 4.78 is 0. The molecule has 0 unspecified atom stereocenters. The Labute approximate surface area is 87.5 Å². The first kappa shape index (κ1) is 13.0. The number of unbranched alkanes of at least 4 members (excludes halogenated alkanes) is 1. The van der Waals surface area contributed by atoms with Gasteiger partial charge in [-0.15, -0.1) is 5.92 Å². The first-order valence-electron chi connectivity index (χ1n) is 5.33. The first-order chi connectivity index (χ1) is 6.52. The average molecular weight is 195 g/mol. The lowest BCUT2D eigenvalue weighted by atomic mass is 10.1. The quantitative estimate of drug-likeness (QED) is 0.686. The summed E-state index contributed by atoms with van der Waals surface area (Å²) in [7, 11) is 0. The van der Waals surface area contributed by atoms with Crippen LogP contribution in [-0.4, -0.2) is 11.4 Å². The van der Waals surface area contributed by atoms with E-state index < -0.39 is 0 Å². The van der Waals surface area contributed by atoms with E-state index in [1.165, 1.54) is 0 Å². The van der Waals surface area contributed by atoms with E-state index in [0.29, 0.717) is 6.42 Å². The van der Waals surface area contributed by atoms with E-state index in [9.17, 15) is 4.79 Å². The monoisotopic (exact) mass is 195 g/mol. The zero-order valence-corrected chi connectivity index (χ0v) is 9.74. The molecule has 0 radical (unpaired) electrons. The molecule has 1 amide bonds. The Balaban J connectivity index is 4.07. The van der Waals surface area contributed by atoms with E-state index in [4.69, 9.17) is 0 Å². The van der Waals surface area contributed by atoms with E-state index >= 15 is 0 Å². The Hall–Kier alpha value is -0.970. The molecule has 0 bridgehead atoms. The van der Waals surface area contributed by atoms with E-state index in [1.54, 1.807) is 0 Å². The molecule has 0 aliphatic heterocycles. The Bertz CT molecular complexity index is 232. The fourth-order valence-corrected chi connectivity index (χ4v) is 1.08. The van der Waals surface area contributed by atoms with Crippen molar-refractivity contribution in [3.8, 4) is 11.8 Å². The van der Waals surface area contributed by atoms with Crippen LogP contribution in [0.5, 0.6) is 0 Å². The third-order valence-corrected chi connectivity index (χ3v) is 1.70. The lowest BCUT2D eigenvalue weighted by Gasteiger charge is -2.19. The molecule has 0 rings (SSSR count). The van der Waals surface area contributed by atoms with E-state index in [2.05, 4.69) is 24.1 Å². The van der Waals surface area contributed by atoms with Crippen LogP contribution >= 0.6 is 0 Å². The number of carbonyl (C=O) groups excluding carboxylic acids is 1. The van der Waals surface area contributed by atoms with Crippen molar-refractivity contribution in [1.29, 1.82) is 0 Å². The molecule has 80 valence electrons. The molecule has 2 heteroatoms. The van der Waals surface area contributed by atoms with Gasteiger partial charge in [-0.25, -0.2) is 0 Å². The number of amides is 1. The van der Waals surface area contributed by atoms with Gasteiger partial charge in [0.2, 0.25) is 5.91 Å². The molecule has 0 aliphatic carbocycles. The van der Waals surface area contributed by atoms with Crippen molar-refractivity contribution in [1.82, 2.24) is 5.32 Å². The maximum atomic E-state index is 11.3. The molecular weight excluding hydrogens is 174 g/mol. The van der Waals surface area contributed by atoms with Gasteiger partial charge in [0.25, 0.3) is 0 Å². The van der Waals surface area contributed by atoms with Crippen molar-refractivity contribution in [3.63, 3.8) is 0 Å². The van der Waals surface area contributed by atoms with Gasteiger partial charge in [0, 0.05) is 12.8 Å². The molecule has 0 spiro atoms. The summed E-state index contributed by atoms with van der Waals surface area (Å²) in [6.07, 6.45) is 3.42. The van der Waals surface area contributed by atoms with Crippen LogP contribution in [0.25, 0.3) is 0 Å². The SMILES string of the molecule is CCCC#CC(C)(C)NC(=O)CCC. The van der Waals surface area contributed by atoms with Crippen molar-refractivity contribution in [3.05, 3.63) is 0 Å². The highest BCUT2D eigenvalue weighted by Gasteiger charge is 2.15. The number of hydrogen-bond donors (Lipinski definition) is 1. The Morgan fingerprint density at radius 2 is 1.93 bits per heavy atom. The van der Waals surface area contributed by atoms with Crippen LogP contribution < -0.4 is 5.32 Å². The zero-order valence-electron chi connectivity index (χ0n) is 9.74. The van der Waals surface area contributed by atoms with Crippen LogP contribution in [0.1, 0.15) is 53.4 Å². The number of rotatable bonds is 4. The molecule has 0 saturated carbocycles. The van der Waals surface area contributed by atoms with Gasteiger partial charge in [-0.2, -0.15) is 0 Å². The second-order valence-corrected chi connectivity index (χ2v) is 3.97. The van der Waals surface area contributed by atoms with Crippen molar-refractivity contribution in [2.45, 2.75) is 58.9 Å². The normalized spacial score (nSPS) is 10.3. The van der Waals surface area contributed by atoms with Gasteiger partial charge in [-0.05, 0) is 26.7 Å². The van der Waals surface area contributed by atoms with Crippen LogP contribution in [0.4, 0.5) is 0 Å². The third kappa shape index (κ3) is 6.54. The Kier molecular flexibility index (Phi) is 6.03. The molecule has 0 aliphatic rings. The van der Waals surface area contributed by atoms with Crippen LogP contribution in [0.2, 0.25) is 0 Å². The van der Waals surface area contributed by atoms with Crippen LogP contribution in [0.15, 0.2) is 0 Å². The second kappa shape index (κ2) is 6.48. The summed E-state index contributed by atoms with van der Waals surface area (Å²) in [5.74, 6) is 6.21. The van der Waals surface area contributed by atoms with Crippen LogP contribution in [0, 0.1) is 11.8 Å². The molecule has 14 heavy (non-hydrogen) atoms. The standard InChI is InChI=1S/C12H21NO/c1-5-7-8-10-12(3,4)13-11(14)9-6-2/h5-7,9H2,1-4H3,(H,13,14). The summed E-state index contributed by atoms with van der Waals surface area (Å²) >= 11 is 0. The summed E-state index contributed by atoms with van der Waals surface area (Å²) in [5, 5.41) is 2.90. The van der Waals surface area contributed by atoms with Crippen LogP contribution in [0.3, 0.4) is 0 Å². The molecule has 0 aromatic carbocycles. The Morgan fingerprint density at radius 3 is 2.43 bits per heavy atom. The fourth-order valence-electron chi connectivity index (χ4n) is 1.08. The Morgan fingerprint density at radius 1 is 1.29 bits per heavy atom. The first-order valence-corrected chi connectivity index (χ1v) is 5.33. The summed E-state index contributed by atoms with van der Waals surface area (Å²) in [4.78, 5) is 11.3. The van der Waals surface area contributed by atoms with Gasteiger partial charge in [0.1, 0.15) is 0 Å². The number of carbonyl (C=O) groups is 1. The van der Waals surface area contributed by atoms with Gasteiger partial charge in [-0.3, -0.25) is 4.79 Å². The molecule has 0 atom stereocenters. The van der Waals surface area contributed by atoms with Gasteiger partial charge in [0.05, 0.1) is 5.54 Å². The van der Waals surface area contributed by atoms with Crippen molar-refractivity contribution in [2.75, 3.05) is 0 Å². The van der Waals surface area contributed by atoms with Crippen molar-refractivity contribution in [2.24, 2.45) is 0 Å². The van der Waals surface area contributed by atoms with Gasteiger partial charge < -0.3 is 5.32 Å². The average Bonchev–Trinajstić information content (AvgIpc) is 2.03. The van der Waals surface area contributed by atoms with E-state index in [1.807, 2.05) is 20.8 Å². The summed E-state index contributed by atoms with van der Waals surface area (Å²) in [6, 6.07) is 0. The molecule has 1 N–H and O–H groups in total. The highest BCUT2D eigenvalue weighted by molar-refractivity contribution is 5.77. The fraction of sp³-hybridized carbons (Fsp3) is 0.750. The third-order valence-electron chi connectivity index (χ3n) is 1.70. The number of hydrogen-bond acceptors (Lipinski definition) is 1. The topological polar surface area (TPSA) is 29.1 Å². The van der Waals surface area contributed by atoms with Crippen LogP contribution in [-0.2, 0) is 4.79 Å². The maximum absolute atomic E-state index is 11.3. The molecule has 0 aromatic rings. The highest BCUT2D eigenvalue weighted by atomic mass is 16.1. The zero-order chi connectivity index (χ0) is 11.0. The molecule has 0 heterocycles. The van der Waals surface area contributed by atoms with Gasteiger partial charge in [-0.1, -0.05) is 19.8 Å². The molecule has 0 fully saturated rings. The summed E-state index contributed by atoms with van der Waals surface area (Å²) in [5.41, 5.74) is -0.387. The van der Waals surface area contributed by atoms with E-state index in [0.717, 1.165) is 19.3 Å². The lowest BCUT2D eigenvalue weighted by Crippen LogP contribution is -2.42. The van der Waals surface area contributed by atoms with E-state index in [-0.39, 0.29) is 11.4 Å². The minimum Gasteiger partial charge on any atom is -0.340 e. The second-order valence-electron chi connectivity index (χ2n) is 3.97. The molecule has 2 nitrogen and oxygen atoms in total. The number of nitrogens with one attached hydrogen (secondary N) is 1. The predicted molar refractivity (Wildman–Crippen MR) is 59.8 cm³/mol. The predicted octanol–water partition coefficient (Wildman–Crippen LogP) is 2.48. The smallest absolute Gasteiger partial charge is 0.221 e. The minimum atomic E-state index is -0.387.